The molecule has 1 N–H and O–H groups in total. The first-order valence-electron chi connectivity index (χ1n) is 9.25. The zero-order chi connectivity index (χ0) is 23.5. The fourth-order valence-electron chi connectivity index (χ4n) is 2.96. The maximum atomic E-state index is 12.9. The number of nitrogens with zero attached hydrogens (tertiary/aromatic N) is 3. The van der Waals surface area contributed by atoms with Crippen molar-refractivity contribution in [3.05, 3.63) is 47.5 Å². The third-order valence-corrected chi connectivity index (χ3v) is 6.84. The van der Waals surface area contributed by atoms with Gasteiger partial charge in [-0.2, -0.15) is 0 Å². The summed E-state index contributed by atoms with van der Waals surface area (Å²) in [5, 5.41) is 12.1. The molecule has 0 saturated heterocycles. The van der Waals surface area contributed by atoms with E-state index in [0.29, 0.717) is 21.5 Å². The molecule has 1 amide bonds. The van der Waals surface area contributed by atoms with Gasteiger partial charge in [0.2, 0.25) is 21.1 Å². The van der Waals surface area contributed by atoms with Crippen LogP contribution in [0, 0.1) is 0 Å². The van der Waals surface area contributed by atoms with Gasteiger partial charge in [0.05, 0.1) is 26.2 Å². The topological polar surface area (TPSA) is 111 Å². The van der Waals surface area contributed by atoms with Gasteiger partial charge < -0.3 is 9.47 Å². The van der Waals surface area contributed by atoms with Crippen molar-refractivity contribution < 1.29 is 22.7 Å². The molecule has 0 aliphatic heterocycles. The molecular weight excluding hydrogens is 476 g/mol. The Kier molecular flexibility index (Phi) is 7.22. The molecule has 3 rings (SSSR count). The molecule has 0 spiro atoms. The molecule has 2 aromatic carbocycles. The van der Waals surface area contributed by atoms with Crippen LogP contribution in [0.2, 0.25) is 5.02 Å². The van der Waals surface area contributed by atoms with Crippen molar-refractivity contribution in [2.75, 3.05) is 30.1 Å². The number of hydrogen-bond donors (Lipinski definition) is 1. The minimum absolute atomic E-state index is 0.243. The molecule has 1 aromatic heterocycles. The predicted octanol–water partition coefficient (Wildman–Crippen LogP) is 3.67. The van der Waals surface area contributed by atoms with E-state index < -0.39 is 22.0 Å². The van der Waals surface area contributed by atoms with E-state index in [-0.39, 0.29) is 10.8 Å². The zero-order valence-electron chi connectivity index (χ0n) is 17.7. The quantitative estimate of drug-likeness (QED) is 0.506. The van der Waals surface area contributed by atoms with Gasteiger partial charge in [-0.3, -0.25) is 14.4 Å². The van der Waals surface area contributed by atoms with Gasteiger partial charge in [-0.15, -0.1) is 10.2 Å². The monoisotopic (exact) mass is 496 g/mol. The minimum atomic E-state index is -3.81. The van der Waals surface area contributed by atoms with E-state index >= 15 is 0 Å². The number of amides is 1. The number of anilines is 2. The Balaban J connectivity index is 1.84. The van der Waals surface area contributed by atoms with E-state index in [1.165, 1.54) is 33.3 Å². The van der Waals surface area contributed by atoms with Crippen LogP contribution in [0.15, 0.2) is 42.5 Å². The van der Waals surface area contributed by atoms with E-state index in [9.17, 15) is 13.2 Å². The number of nitrogens with one attached hydrogen (secondary N) is 1. The Morgan fingerprint density at radius 1 is 1.09 bits per heavy atom. The number of sulfonamides is 1. The van der Waals surface area contributed by atoms with Gasteiger partial charge in [-0.05, 0) is 31.2 Å². The van der Waals surface area contributed by atoms with Gasteiger partial charge in [0.25, 0.3) is 0 Å². The molecule has 0 fully saturated rings. The average Bonchev–Trinajstić information content (AvgIpc) is 3.21. The first-order chi connectivity index (χ1) is 15.1. The number of hydrogen-bond acceptors (Lipinski definition) is 8. The number of benzene rings is 2. The zero-order valence-corrected chi connectivity index (χ0v) is 20.1. The third kappa shape index (κ3) is 5.29. The summed E-state index contributed by atoms with van der Waals surface area (Å²) in [4.78, 5) is 12.9. The highest BCUT2D eigenvalue weighted by Crippen LogP contribution is 2.34. The molecular formula is C20H21ClN4O5S2. The number of aromatic nitrogens is 2. The smallest absolute Gasteiger partial charge is 0.249 e. The molecule has 0 radical (unpaired) electrons. The van der Waals surface area contributed by atoms with Gasteiger partial charge in [0.15, 0.2) is 11.5 Å². The van der Waals surface area contributed by atoms with Crippen LogP contribution in [-0.2, 0) is 14.8 Å². The van der Waals surface area contributed by atoms with Crippen molar-refractivity contribution in [1.82, 2.24) is 10.2 Å². The highest BCUT2D eigenvalue weighted by atomic mass is 35.5. The van der Waals surface area contributed by atoms with Crippen LogP contribution in [-0.4, -0.2) is 51.0 Å². The van der Waals surface area contributed by atoms with Crippen molar-refractivity contribution in [2.45, 2.75) is 13.0 Å². The Bertz CT molecular complexity index is 1210. The highest BCUT2D eigenvalue weighted by Gasteiger charge is 2.30. The van der Waals surface area contributed by atoms with Gasteiger partial charge in [0.1, 0.15) is 11.0 Å². The van der Waals surface area contributed by atoms with E-state index in [1.54, 1.807) is 30.3 Å². The summed E-state index contributed by atoms with van der Waals surface area (Å²) in [5.74, 6) is 0.206. The minimum Gasteiger partial charge on any atom is -0.493 e. The van der Waals surface area contributed by atoms with Crippen LogP contribution in [0.1, 0.15) is 6.92 Å². The Morgan fingerprint density at radius 3 is 2.34 bits per heavy atom. The molecule has 9 nitrogen and oxygen atoms in total. The van der Waals surface area contributed by atoms with Crippen LogP contribution in [0.3, 0.4) is 0 Å². The third-order valence-electron chi connectivity index (χ3n) is 4.46. The lowest BCUT2D eigenvalue weighted by Gasteiger charge is -2.28. The maximum Gasteiger partial charge on any atom is 0.249 e. The molecule has 0 aliphatic carbocycles. The van der Waals surface area contributed by atoms with Gasteiger partial charge >= 0.3 is 0 Å². The lowest BCUT2D eigenvalue weighted by atomic mass is 10.2. The van der Waals surface area contributed by atoms with Crippen LogP contribution in [0.25, 0.3) is 10.6 Å². The highest BCUT2D eigenvalue weighted by molar-refractivity contribution is 7.92. The van der Waals surface area contributed by atoms with Gasteiger partial charge in [-0.1, -0.05) is 35.1 Å². The summed E-state index contributed by atoms with van der Waals surface area (Å²) in [6, 6.07) is 10.6. The molecule has 1 unspecified atom stereocenters. The summed E-state index contributed by atoms with van der Waals surface area (Å²) < 4.78 is 36.5. The lowest BCUT2D eigenvalue weighted by molar-refractivity contribution is -0.116. The van der Waals surface area contributed by atoms with E-state index in [2.05, 4.69) is 15.5 Å². The Hall–Kier alpha value is -2.89. The average molecular weight is 497 g/mol. The number of carbonyl (C=O) groups excluding carboxylic acids is 1. The molecule has 0 bridgehead atoms. The Morgan fingerprint density at radius 2 is 1.75 bits per heavy atom. The summed E-state index contributed by atoms with van der Waals surface area (Å²) in [5.41, 5.74) is 1.05. The van der Waals surface area contributed by atoms with E-state index in [4.69, 9.17) is 21.1 Å². The largest absolute Gasteiger partial charge is 0.493 e. The van der Waals surface area contributed by atoms with Crippen molar-refractivity contribution in [3.63, 3.8) is 0 Å². The second-order valence-corrected chi connectivity index (χ2v) is 9.96. The molecule has 1 heterocycles. The normalized spacial score (nSPS) is 12.2. The SMILES string of the molecule is COc1ccc(N(C(C)C(=O)Nc2nnc(-c3ccc(Cl)cc3)s2)S(C)(=O)=O)cc1OC. The van der Waals surface area contributed by atoms with Gasteiger partial charge in [-0.25, -0.2) is 8.42 Å². The fourth-order valence-corrected chi connectivity index (χ4v) is 5.01. The van der Waals surface area contributed by atoms with Crippen molar-refractivity contribution >= 4 is 49.7 Å². The van der Waals surface area contributed by atoms with E-state index in [1.807, 2.05) is 0 Å². The molecule has 0 aliphatic rings. The van der Waals surface area contributed by atoms with Crippen molar-refractivity contribution in [2.24, 2.45) is 0 Å². The summed E-state index contributed by atoms with van der Waals surface area (Å²) in [6.45, 7) is 1.48. The van der Waals surface area contributed by atoms with Crippen LogP contribution in [0.5, 0.6) is 11.5 Å². The van der Waals surface area contributed by atoms with Crippen LogP contribution in [0.4, 0.5) is 10.8 Å². The summed E-state index contributed by atoms with van der Waals surface area (Å²) in [6.07, 6.45) is 1.02. The summed E-state index contributed by atoms with van der Waals surface area (Å²) in [7, 11) is -0.895. The fraction of sp³-hybridized carbons (Fsp3) is 0.250. The number of carbonyl (C=O) groups is 1. The molecule has 3 aromatic rings. The standard InChI is InChI=1S/C20H21ClN4O5S2/c1-12(25(32(4,27)28)15-9-10-16(29-2)17(11-15)30-3)18(26)22-20-24-23-19(31-20)13-5-7-14(21)8-6-13/h5-12H,1-4H3,(H,22,24,26). The first kappa shape index (κ1) is 23.8. The maximum absolute atomic E-state index is 12.9. The second-order valence-electron chi connectivity index (χ2n) is 6.68. The molecule has 0 saturated carbocycles. The molecule has 170 valence electrons. The van der Waals surface area contributed by atoms with Crippen LogP contribution >= 0.6 is 22.9 Å². The molecule has 32 heavy (non-hydrogen) atoms. The number of methoxy groups -OCH3 is 2. The van der Waals surface area contributed by atoms with E-state index in [0.717, 1.165) is 27.5 Å². The molecule has 12 heteroatoms. The lowest BCUT2D eigenvalue weighted by Crippen LogP contribution is -2.45. The number of rotatable bonds is 8. The number of ether oxygens (including phenoxy) is 2. The first-order valence-corrected chi connectivity index (χ1v) is 12.3. The van der Waals surface area contributed by atoms with Crippen molar-refractivity contribution in [1.29, 1.82) is 0 Å². The van der Waals surface area contributed by atoms with Gasteiger partial charge in [0, 0.05) is 16.7 Å². The summed E-state index contributed by atoms with van der Waals surface area (Å²) >= 11 is 7.06. The second kappa shape index (κ2) is 9.72. The number of halogens is 1. The predicted molar refractivity (Wildman–Crippen MR) is 125 cm³/mol. The van der Waals surface area contributed by atoms with Crippen molar-refractivity contribution in [3.8, 4) is 22.1 Å². The Labute approximate surface area is 195 Å². The molecule has 1 atom stereocenters. The van der Waals surface area contributed by atoms with Crippen LogP contribution < -0.4 is 19.1 Å².